The number of hydrogen-bond donors (Lipinski definition) is 1. The number of carbonyl (C=O) groups excluding carboxylic acids is 1. The second kappa shape index (κ2) is 26.0. The van der Waals surface area contributed by atoms with Gasteiger partial charge in [0.1, 0.15) is 5.75 Å². The molecule has 0 unspecified atom stereocenters. The van der Waals surface area contributed by atoms with Crippen LogP contribution in [0.4, 0.5) is 0 Å². The number of aromatic hydroxyl groups is 1. The van der Waals surface area contributed by atoms with E-state index in [2.05, 4.69) is 42.9 Å². The SMILES string of the molecule is CCOC(=O)CS(=O)(=O)c1ccccc1.Cn1c(=O)c(S(=O)(=O)c2ccccc2)c(Cl)c2ccccc21.Cn1c(=O)c(S(=O)(=O)c2ccccc2)c(O)c2ccccc21.Cn1c(=O)oc(=O)c2ccccc21.O=P(Cl)(Cl)Cl. The van der Waals surface area contributed by atoms with Gasteiger partial charge in [-0.2, -0.15) is 0 Å². The molecule has 0 bridgehead atoms. The summed E-state index contributed by atoms with van der Waals surface area (Å²) in [6, 6.07) is 43.6. The van der Waals surface area contributed by atoms with Gasteiger partial charge in [-0.25, -0.2) is 34.8 Å². The summed E-state index contributed by atoms with van der Waals surface area (Å²) in [5, 5.41) is 8.37. The first-order chi connectivity index (χ1) is 36.1. The Morgan fingerprint density at radius 3 is 1.35 bits per heavy atom. The maximum absolute atomic E-state index is 12.8. The zero-order valence-electron chi connectivity index (χ0n) is 40.7. The number of carbonyl (C=O) groups is 1. The Kier molecular flexibility index (Phi) is 20.6. The van der Waals surface area contributed by atoms with Gasteiger partial charge in [-0.05, 0) is 107 Å². The van der Waals surface area contributed by atoms with Crippen LogP contribution in [-0.4, -0.2) is 62.4 Å². The van der Waals surface area contributed by atoms with Crippen LogP contribution in [0, 0.1) is 0 Å². The third-order valence-electron chi connectivity index (χ3n) is 10.7. The summed E-state index contributed by atoms with van der Waals surface area (Å²) in [5.41, 5.74) is -0.323. The molecule has 0 radical (unpaired) electrons. The van der Waals surface area contributed by atoms with Crippen molar-refractivity contribution >= 4 is 119 Å². The number of hydrogen-bond acceptors (Lipinski definition) is 15. The maximum Gasteiger partial charge on any atom is 0.422 e. The first kappa shape index (κ1) is 61.0. The molecule has 18 nitrogen and oxygen atoms in total. The molecule has 0 saturated heterocycles. The van der Waals surface area contributed by atoms with Gasteiger partial charge in [-0.1, -0.05) is 109 Å². The molecular weight excluding hydrogens is 1160 g/mol. The van der Waals surface area contributed by atoms with Crippen molar-refractivity contribution in [2.24, 2.45) is 21.1 Å². The van der Waals surface area contributed by atoms with Crippen LogP contribution in [0.15, 0.2) is 212 Å². The number of para-hydroxylation sites is 3. The third kappa shape index (κ3) is 15.0. The first-order valence-corrected chi connectivity index (χ1v) is 31.5. The maximum atomic E-state index is 12.8. The second-order valence-electron chi connectivity index (χ2n) is 15.7. The largest absolute Gasteiger partial charge is 0.506 e. The molecule has 0 amide bonds. The van der Waals surface area contributed by atoms with Gasteiger partial charge in [-0.3, -0.25) is 23.5 Å². The molecule has 0 atom stereocenters. The van der Waals surface area contributed by atoms with E-state index in [1.807, 2.05) is 0 Å². The number of aromatic nitrogens is 3. The third-order valence-corrected chi connectivity index (χ3v) is 16.5. The lowest BCUT2D eigenvalue weighted by Gasteiger charge is -2.12. The molecule has 0 aliphatic carbocycles. The van der Waals surface area contributed by atoms with Crippen molar-refractivity contribution in [3.63, 3.8) is 0 Å². The minimum absolute atomic E-state index is 0.0299. The molecule has 3 aromatic heterocycles. The summed E-state index contributed by atoms with van der Waals surface area (Å²) in [6.07, 6.45) is 0. The highest BCUT2D eigenvalue weighted by Crippen LogP contribution is 2.61. The molecule has 9 rings (SSSR count). The monoisotopic (exact) mass is 1210 g/mol. The van der Waals surface area contributed by atoms with Crippen LogP contribution in [-0.2, 0) is 64.8 Å². The van der Waals surface area contributed by atoms with Crippen molar-refractivity contribution in [1.82, 2.24) is 13.7 Å². The summed E-state index contributed by atoms with van der Waals surface area (Å²) >= 11 is 20.1. The highest BCUT2D eigenvalue weighted by molar-refractivity contribution is 8.24. The van der Waals surface area contributed by atoms with Crippen molar-refractivity contribution in [2.45, 2.75) is 31.4 Å². The van der Waals surface area contributed by atoms with E-state index in [4.69, 9.17) is 11.6 Å². The van der Waals surface area contributed by atoms with E-state index in [9.17, 15) is 58.9 Å². The Morgan fingerprint density at radius 1 is 0.545 bits per heavy atom. The summed E-state index contributed by atoms with van der Waals surface area (Å²) in [7, 11) is -7.06. The van der Waals surface area contributed by atoms with E-state index in [0.29, 0.717) is 32.7 Å². The molecule has 0 aliphatic rings. The van der Waals surface area contributed by atoms with Crippen LogP contribution < -0.4 is 22.5 Å². The lowest BCUT2D eigenvalue weighted by molar-refractivity contribution is -0.139. The van der Waals surface area contributed by atoms with E-state index in [1.165, 1.54) is 64.2 Å². The van der Waals surface area contributed by atoms with E-state index in [0.717, 1.165) is 0 Å². The number of fused-ring (bicyclic) bond motifs is 3. The fraction of sp³-hybridized carbons (Fsp3) is 0.118. The van der Waals surface area contributed by atoms with Gasteiger partial charge in [0, 0.05) is 31.9 Å². The summed E-state index contributed by atoms with van der Waals surface area (Å²) in [5.74, 6) is -2.47. The number of halogens is 4. The van der Waals surface area contributed by atoms with Gasteiger partial charge in [0.2, 0.25) is 19.7 Å². The Hall–Kier alpha value is -6.81. The van der Waals surface area contributed by atoms with Crippen LogP contribution >= 0.6 is 50.5 Å². The van der Waals surface area contributed by atoms with Crippen molar-refractivity contribution in [1.29, 1.82) is 0 Å². The van der Waals surface area contributed by atoms with Gasteiger partial charge < -0.3 is 23.4 Å². The van der Waals surface area contributed by atoms with E-state index in [1.54, 1.807) is 141 Å². The molecule has 0 aliphatic heterocycles. The van der Waals surface area contributed by atoms with Crippen LogP contribution in [0.2, 0.25) is 5.02 Å². The standard InChI is InChI=1S/C16H12ClNO3S.C16H13NO4S.C10H12O4S.C9H7NO3.Cl3OP/c1-18-13-10-6-5-9-12(13)14(17)15(16(18)19)22(20,21)11-7-3-2-4-8-11;1-17-13-10-6-5-9-12(13)14(18)15(16(17)19)22(20,21)11-7-3-2-4-8-11;1-2-14-10(11)8-15(12,13)9-6-4-3-5-7-9;1-10-7-5-3-2-4-6(7)8(11)13-9(10)12;1-5(2,3)4/h2-10H,1H3;2-10,18H,1H3;3-7H,2,8H2,1H3;2-5H,1H3;. The quantitative estimate of drug-likeness (QED) is 0.110. The molecule has 0 saturated carbocycles. The predicted molar refractivity (Wildman–Crippen MR) is 297 cm³/mol. The number of aryl methyl sites for hydroxylation is 3. The molecule has 404 valence electrons. The number of benzene rings is 6. The van der Waals surface area contributed by atoms with Crippen LogP contribution in [0.3, 0.4) is 0 Å². The van der Waals surface area contributed by atoms with Crippen molar-refractivity contribution < 1.29 is 48.9 Å². The predicted octanol–water partition coefficient (Wildman–Crippen LogP) is 9.43. The Labute approximate surface area is 459 Å². The van der Waals surface area contributed by atoms with Crippen molar-refractivity contribution in [3.8, 4) is 5.75 Å². The molecule has 1 N–H and O–H groups in total. The van der Waals surface area contributed by atoms with Gasteiger partial charge in [0.15, 0.2) is 25.4 Å². The first-order valence-electron chi connectivity index (χ1n) is 22.0. The van der Waals surface area contributed by atoms with Gasteiger partial charge in [0.25, 0.3) is 11.1 Å². The van der Waals surface area contributed by atoms with Crippen LogP contribution in [0.25, 0.3) is 32.7 Å². The topological polar surface area (TPSA) is 262 Å². The van der Waals surface area contributed by atoms with Gasteiger partial charge >= 0.3 is 22.6 Å². The molecule has 26 heteroatoms. The molecule has 77 heavy (non-hydrogen) atoms. The Morgan fingerprint density at radius 2 is 0.896 bits per heavy atom. The number of ether oxygens (including phenoxy) is 1. The normalized spacial score (nSPS) is 11.4. The zero-order valence-corrected chi connectivity index (χ0v) is 47.1. The molecule has 3 heterocycles. The van der Waals surface area contributed by atoms with Crippen molar-refractivity contribution in [3.05, 3.63) is 210 Å². The average Bonchev–Trinajstić information content (AvgIpc) is 3.42. The van der Waals surface area contributed by atoms with Crippen molar-refractivity contribution in [2.75, 3.05) is 12.4 Å². The number of sulfone groups is 3. The summed E-state index contributed by atoms with van der Waals surface area (Å²) in [6.45, 7) is 1.82. The minimum Gasteiger partial charge on any atom is -0.506 e. The molecule has 9 aromatic rings. The van der Waals surface area contributed by atoms with Gasteiger partial charge in [-0.15, -0.1) is 0 Å². The second-order valence-corrected chi connectivity index (χ2v) is 28.5. The van der Waals surface area contributed by atoms with E-state index < -0.39 is 79.6 Å². The Bertz CT molecular complexity index is 4090. The zero-order chi connectivity index (χ0) is 57.0. The van der Waals surface area contributed by atoms with Crippen LogP contribution in [0.1, 0.15) is 6.92 Å². The lowest BCUT2D eigenvalue weighted by atomic mass is 10.2. The molecule has 0 fully saturated rings. The van der Waals surface area contributed by atoms with Gasteiger partial charge in [0.05, 0.1) is 48.3 Å². The fourth-order valence-electron chi connectivity index (χ4n) is 7.10. The smallest absolute Gasteiger partial charge is 0.422 e. The fourth-order valence-corrected chi connectivity index (χ4v) is 11.7. The number of rotatable bonds is 8. The lowest BCUT2D eigenvalue weighted by Crippen LogP contribution is -2.25. The average molecular weight is 1210 g/mol. The minimum atomic E-state index is -4.10. The molecule has 6 aromatic carbocycles. The highest BCUT2D eigenvalue weighted by atomic mass is 36.0. The summed E-state index contributed by atoms with van der Waals surface area (Å²) in [4.78, 5) is 57.4. The number of esters is 1. The Balaban J connectivity index is 0.000000188. The van der Waals surface area contributed by atoms with E-state index >= 15 is 0 Å². The van der Waals surface area contributed by atoms with E-state index in [-0.39, 0.29) is 31.2 Å². The number of nitrogens with zero attached hydrogens (tertiary/aromatic N) is 3. The van der Waals surface area contributed by atoms with Crippen LogP contribution in [0.5, 0.6) is 5.75 Å². The highest BCUT2D eigenvalue weighted by Gasteiger charge is 2.29. The molecule has 0 spiro atoms. The molecular formula is C51H44Cl4N3O15PS3. The summed E-state index contributed by atoms with van der Waals surface area (Å²) < 4.78 is 96.6. The number of pyridine rings is 2.